The lowest BCUT2D eigenvalue weighted by Crippen LogP contribution is -2.50. The lowest BCUT2D eigenvalue weighted by atomic mass is 10.0. The molecule has 1 aliphatic heterocycles. The van der Waals surface area contributed by atoms with Crippen molar-refractivity contribution in [3.63, 3.8) is 0 Å². The molecule has 1 heterocycles. The van der Waals surface area contributed by atoms with Crippen LogP contribution >= 0.6 is 0 Å². The maximum Gasteiger partial charge on any atom is 0.250 e. The van der Waals surface area contributed by atoms with E-state index in [0.717, 1.165) is 25.8 Å². The summed E-state index contributed by atoms with van der Waals surface area (Å²) in [5.74, 6) is 0.0301. The van der Waals surface area contributed by atoms with Crippen LogP contribution in [0.15, 0.2) is 12.2 Å². The summed E-state index contributed by atoms with van der Waals surface area (Å²) in [5, 5.41) is 6.19. The zero-order valence-electron chi connectivity index (χ0n) is 8.87. The molecule has 2 N–H and O–H groups in total. The van der Waals surface area contributed by atoms with Gasteiger partial charge in [0.05, 0.1) is 6.61 Å². The van der Waals surface area contributed by atoms with Crippen molar-refractivity contribution in [1.29, 1.82) is 0 Å². The summed E-state index contributed by atoms with van der Waals surface area (Å²) in [7, 11) is 0. The minimum atomic E-state index is -0.301. The molecule has 84 valence electrons. The Morgan fingerprint density at radius 1 is 1.47 bits per heavy atom. The van der Waals surface area contributed by atoms with E-state index in [4.69, 9.17) is 4.74 Å². The van der Waals surface area contributed by atoms with Crippen LogP contribution in [0.2, 0.25) is 0 Å². The maximum absolute atomic E-state index is 11.8. The molecule has 0 bridgehead atoms. The van der Waals surface area contributed by atoms with Gasteiger partial charge in [0.15, 0.2) is 0 Å². The number of ether oxygens (including phenoxy) is 1. The summed E-state index contributed by atoms with van der Waals surface area (Å²) in [6, 6.07) is 0.299. The molecule has 2 aliphatic rings. The van der Waals surface area contributed by atoms with E-state index >= 15 is 0 Å². The van der Waals surface area contributed by atoms with Crippen molar-refractivity contribution in [2.45, 2.75) is 31.4 Å². The second-order valence-electron chi connectivity index (χ2n) is 4.05. The molecule has 0 saturated carbocycles. The Bertz CT molecular complexity index is 247. The molecule has 1 saturated heterocycles. The number of nitrogens with one attached hydrogen (secondary N) is 2. The molecule has 0 aromatic carbocycles. The average molecular weight is 210 g/mol. The fourth-order valence-corrected chi connectivity index (χ4v) is 1.95. The number of carbonyl (C=O) groups is 1. The normalized spacial score (nSPS) is 31.2. The Kier molecular flexibility index (Phi) is 3.75. The lowest BCUT2D eigenvalue weighted by molar-refractivity contribution is -0.135. The molecular weight excluding hydrogens is 192 g/mol. The van der Waals surface area contributed by atoms with Crippen LogP contribution in [0.1, 0.15) is 19.3 Å². The second kappa shape index (κ2) is 5.28. The topological polar surface area (TPSA) is 50.4 Å². The highest BCUT2D eigenvalue weighted by Gasteiger charge is 2.23. The summed E-state index contributed by atoms with van der Waals surface area (Å²) in [6.45, 7) is 2.10. The first-order chi connectivity index (χ1) is 7.36. The van der Waals surface area contributed by atoms with E-state index < -0.39 is 0 Å². The van der Waals surface area contributed by atoms with Crippen molar-refractivity contribution in [3.05, 3.63) is 12.2 Å². The van der Waals surface area contributed by atoms with Gasteiger partial charge >= 0.3 is 0 Å². The third-order valence-electron chi connectivity index (χ3n) is 2.84. The van der Waals surface area contributed by atoms with E-state index in [1.807, 2.05) is 0 Å². The Labute approximate surface area is 90.1 Å². The summed E-state index contributed by atoms with van der Waals surface area (Å²) in [4.78, 5) is 11.8. The minimum Gasteiger partial charge on any atom is -0.366 e. The molecule has 0 aromatic rings. The smallest absolute Gasteiger partial charge is 0.250 e. The first-order valence-electron chi connectivity index (χ1n) is 5.64. The highest BCUT2D eigenvalue weighted by molar-refractivity contribution is 5.81. The Morgan fingerprint density at radius 2 is 2.40 bits per heavy atom. The molecule has 2 atom stereocenters. The van der Waals surface area contributed by atoms with Crippen molar-refractivity contribution in [3.8, 4) is 0 Å². The van der Waals surface area contributed by atoms with Crippen LogP contribution < -0.4 is 10.6 Å². The monoisotopic (exact) mass is 210 g/mol. The molecule has 2 rings (SSSR count). The molecule has 0 spiro atoms. The summed E-state index contributed by atoms with van der Waals surface area (Å²) in [6.07, 6.45) is 7.06. The first kappa shape index (κ1) is 10.6. The van der Waals surface area contributed by atoms with Gasteiger partial charge in [-0.2, -0.15) is 0 Å². The third kappa shape index (κ3) is 3.04. The van der Waals surface area contributed by atoms with Crippen molar-refractivity contribution in [2.75, 3.05) is 19.7 Å². The van der Waals surface area contributed by atoms with Crippen molar-refractivity contribution < 1.29 is 9.53 Å². The van der Waals surface area contributed by atoms with Crippen LogP contribution in [0.25, 0.3) is 0 Å². The molecule has 1 aliphatic carbocycles. The van der Waals surface area contributed by atoms with E-state index in [1.54, 1.807) is 0 Å². The van der Waals surface area contributed by atoms with Crippen LogP contribution in [0.5, 0.6) is 0 Å². The quantitative estimate of drug-likeness (QED) is 0.640. The predicted molar refractivity (Wildman–Crippen MR) is 57.5 cm³/mol. The third-order valence-corrected chi connectivity index (χ3v) is 2.84. The summed E-state index contributed by atoms with van der Waals surface area (Å²) < 4.78 is 5.39. The largest absolute Gasteiger partial charge is 0.366 e. The number of morpholine rings is 1. The van der Waals surface area contributed by atoms with Gasteiger partial charge in [-0.3, -0.25) is 4.79 Å². The number of hydrogen-bond donors (Lipinski definition) is 2. The maximum atomic E-state index is 11.8. The Hall–Kier alpha value is -0.870. The van der Waals surface area contributed by atoms with Crippen LogP contribution in [0, 0.1) is 0 Å². The van der Waals surface area contributed by atoms with Crippen LogP contribution in [-0.2, 0) is 9.53 Å². The van der Waals surface area contributed by atoms with E-state index in [0.29, 0.717) is 19.2 Å². The second-order valence-corrected chi connectivity index (χ2v) is 4.05. The Morgan fingerprint density at radius 3 is 3.07 bits per heavy atom. The summed E-state index contributed by atoms with van der Waals surface area (Å²) in [5.41, 5.74) is 0. The SMILES string of the molecule is O=C(NC1CC=CCC1)C1CNCCO1. The van der Waals surface area contributed by atoms with Gasteiger partial charge in [0.1, 0.15) is 6.10 Å². The van der Waals surface area contributed by atoms with Gasteiger partial charge in [-0.05, 0) is 19.3 Å². The van der Waals surface area contributed by atoms with Gasteiger partial charge in [0.2, 0.25) is 0 Å². The van der Waals surface area contributed by atoms with E-state index in [1.165, 1.54) is 0 Å². The molecular formula is C11H18N2O2. The predicted octanol–water partition coefficient (Wildman–Crippen LogP) is 0.200. The number of rotatable bonds is 2. The fourth-order valence-electron chi connectivity index (χ4n) is 1.95. The molecule has 4 heteroatoms. The highest BCUT2D eigenvalue weighted by atomic mass is 16.5. The van der Waals surface area contributed by atoms with Crippen LogP contribution in [0.3, 0.4) is 0 Å². The van der Waals surface area contributed by atoms with Crippen LogP contribution in [0.4, 0.5) is 0 Å². The lowest BCUT2D eigenvalue weighted by Gasteiger charge is -2.26. The zero-order valence-corrected chi connectivity index (χ0v) is 8.87. The molecule has 1 amide bonds. The Balaban J connectivity index is 1.77. The number of allylic oxidation sites excluding steroid dienone is 1. The highest BCUT2D eigenvalue weighted by Crippen LogP contribution is 2.11. The molecule has 0 aromatic heterocycles. The molecule has 4 nitrogen and oxygen atoms in total. The van der Waals surface area contributed by atoms with Gasteiger partial charge in [0, 0.05) is 19.1 Å². The van der Waals surface area contributed by atoms with Crippen molar-refractivity contribution in [2.24, 2.45) is 0 Å². The molecule has 0 radical (unpaired) electrons. The van der Waals surface area contributed by atoms with Crippen LogP contribution in [-0.4, -0.2) is 37.7 Å². The van der Waals surface area contributed by atoms with Gasteiger partial charge in [0.25, 0.3) is 5.91 Å². The van der Waals surface area contributed by atoms with E-state index in [9.17, 15) is 4.79 Å². The van der Waals surface area contributed by atoms with Gasteiger partial charge in [-0.1, -0.05) is 12.2 Å². The van der Waals surface area contributed by atoms with Crippen molar-refractivity contribution in [1.82, 2.24) is 10.6 Å². The zero-order chi connectivity index (χ0) is 10.5. The van der Waals surface area contributed by atoms with Gasteiger partial charge in [-0.15, -0.1) is 0 Å². The van der Waals surface area contributed by atoms with Gasteiger partial charge in [-0.25, -0.2) is 0 Å². The van der Waals surface area contributed by atoms with Gasteiger partial charge < -0.3 is 15.4 Å². The van der Waals surface area contributed by atoms with E-state index in [-0.39, 0.29) is 12.0 Å². The number of amides is 1. The van der Waals surface area contributed by atoms with E-state index in [2.05, 4.69) is 22.8 Å². The van der Waals surface area contributed by atoms with Crippen molar-refractivity contribution >= 4 is 5.91 Å². The minimum absolute atomic E-state index is 0.0301. The number of hydrogen-bond acceptors (Lipinski definition) is 3. The fraction of sp³-hybridized carbons (Fsp3) is 0.727. The average Bonchev–Trinajstić information content (AvgIpc) is 2.31. The molecule has 2 unspecified atom stereocenters. The summed E-state index contributed by atoms with van der Waals surface area (Å²) >= 11 is 0. The number of carbonyl (C=O) groups excluding carboxylic acids is 1. The first-order valence-corrected chi connectivity index (χ1v) is 5.64. The molecule has 15 heavy (non-hydrogen) atoms. The molecule has 1 fully saturated rings. The standard InChI is InChI=1S/C11H18N2O2/c14-11(10-8-12-6-7-15-10)13-9-4-2-1-3-5-9/h1-2,9-10,12H,3-8H2,(H,13,14).